The van der Waals surface area contributed by atoms with Crippen molar-refractivity contribution < 1.29 is 4.92 Å². The van der Waals surface area contributed by atoms with Crippen molar-refractivity contribution in [3.63, 3.8) is 0 Å². The van der Waals surface area contributed by atoms with Crippen LogP contribution in [0.1, 0.15) is 11.4 Å². The second-order valence-electron chi connectivity index (χ2n) is 3.99. The minimum absolute atomic E-state index is 0.127. The van der Waals surface area contributed by atoms with Crippen molar-refractivity contribution in [1.82, 2.24) is 4.68 Å². The van der Waals surface area contributed by atoms with Gasteiger partial charge in [-0.1, -0.05) is 0 Å². The molecular formula is C12H12IN3O2. The number of hydrogen-bond donors (Lipinski definition) is 1. The van der Waals surface area contributed by atoms with Crippen LogP contribution in [-0.2, 0) is 0 Å². The molecule has 0 saturated heterocycles. The van der Waals surface area contributed by atoms with E-state index < -0.39 is 0 Å². The molecule has 2 aromatic rings. The molecule has 1 heterocycles. The van der Waals surface area contributed by atoms with Crippen molar-refractivity contribution in [2.75, 3.05) is 5.43 Å². The van der Waals surface area contributed by atoms with Crippen LogP contribution in [0.5, 0.6) is 0 Å². The average Bonchev–Trinajstić information content (AvgIpc) is 2.60. The fourth-order valence-electron chi connectivity index (χ4n) is 1.70. The van der Waals surface area contributed by atoms with Crippen LogP contribution < -0.4 is 5.43 Å². The van der Waals surface area contributed by atoms with E-state index in [0.29, 0.717) is 3.57 Å². The molecule has 0 radical (unpaired) electrons. The molecule has 0 atom stereocenters. The van der Waals surface area contributed by atoms with E-state index in [9.17, 15) is 10.1 Å². The number of anilines is 1. The first-order chi connectivity index (χ1) is 8.49. The Balaban J connectivity index is 2.31. The number of nitrogens with one attached hydrogen (secondary N) is 1. The molecule has 0 unspecified atom stereocenters. The summed E-state index contributed by atoms with van der Waals surface area (Å²) in [6.45, 7) is 3.99. The summed E-state index contributed by atoms with van der Waals surface area (Å²) in [5.74, 6) is 0. The first kappa shape index (κ1) is 12.9. The van der Waals surface area contributed by atoms with Gasteiger partial charge in [0.1, 0.15) is 0 Å². The minimum Gasteiger partial charge on any atom is -0.294 e. The number of benzene rings is 1. The van der Waals surface area contributed by atoms with Gasteiger partial charge in [-0.25, -0.2) is 0 Å². The lowest BCUT2D eigenvalue weighted by atomic mass is 10.3. The van der Waals surface area contributed by atoms with Crippen LogP contribution >= 0.6 is 22.6 Å². The van der Waals surface area contributed by atoms with Crippen LogP contribution in [0.4, 0.5) is 11.4 Å². The van der Waals surface area contributed by atoms with E-state index in [0.717, 1.165) is 17.1 Å². The first-order valence-corrected chi connectivity index (χ1v) is 6.43. The standard InChI is InChI=1S/C12H12IN3O2/c1-8-3-4-9(2)15(8)14-10-5-6-12(16(17)18)11(13)7-10/h3-7,14H,1-2H3. The second kappa shape index (κ2) is 4.97. The summed E-state index contributed by atoms with van der Waals surface area (Å²) in [7, 11) is 0. The molecule has 0 amide bonds. The Hall–Kier alpha value is -1.57. The molecule has 0 bridgehead atoms. The lowest BCUT2D eigenvalue weighted by Gasteiger charge is -2.12. The van der Waals surface area contributed by atoms with Crippen LogP contribution in [-0.4, -0.2) is 9.60 Å². The fraction of sp³-hybridized carbons (Fsp3) is 0.167. The van der Waals surface area contributed by atoms with Gasteiger partial charge in [-0.15, -0.1) is 0 Å². The predicted molar refractivity (Wildman–Crippen MR) is 78.7 cm³/mol. The van der Waals surface area contributed by atoms with E-state index in [1.807, 2.05) is 53.2 Å². The average molecular weight is 357 g/mol. The van der Waals surface area contributed by atoms with Gasteiger partial charge in [-0.2, -0.15) is 0 Å². The quantitative estimate of drug-likeness (QED) is 0.520. The Morgan fingerprint density at radius 2 is 1.83 bits per heavy atom. The zero-order valence-electron chi connectivity index (χ0n) is 9.98. The smallest absolute Gasteiger partial charge is 0.282 e. The van der Waals surface area contributed by atoms with Crippen LogP contribution in [0, 0.1) is 27.5 Å². The van der Waals surface area contributed by atoms with E-state index in [1.165, 1.54) is 6.07 Å². The molecule has 5 nitrogen and oxygen atoms in total. The SMILES string of the molecule is Cc1ccc(C)n1Nc1ccc([N+](=O)[O-])c(I)c1. The summed E-state index contributed by atoms with van der Waals surface area (Å²) in [4.78, 5) is 10.4. The van der Waals surface area contributed by atoms with Crippen LogP contribution in [0.3, 0.4) is 0 Å². The van der Waals surface area contributed by atoms with Crippen molar-refractivity contribution in [1.29, 1.82) is 0 Å². The molecule has 18 heavy (non-hydrogen) atoms. The highest BCUT2D eigenvalue weighted by molar-refractivity contribution is 14.1. The Bertz CT molecular complexity index is 588. The van der Waals surface area contributed by atoms with E-state index in [-0.39, 0.29) is 10.6 Å². The van der Waals surface area contributed by atoms with Gasteiger partial charge in [-0.05, 0) is 60.7 Å². The number of nitro groups is 1. The highest BCUT2D eigenvalue weighted by Gasteiger charge is 2.12. The maximum Gasteiger partial charge on any atom is 0.282 e. The first-order valence-electron chi connectivity index (χ1n) is 5.35. The van der Waals surface area contributed by atoms with Gasteiger partial charge < -0.3 is 0 Å². The van der Waals surface area contributed by atoms with E-state index >= 15 is 0 Å². The van der Waals surface area contributed by atoms with Gasteiger partial charge in [-0.3, -0.25) is 20.2 Å². The van der Waals surface area contributed by atoms with E-state index in [4.69, 9.17) is 0 Å². The molecule has 6 heteroatoms. The molecule has 1 N–H and O–H groups in total. The van der Waals surface area contributed by atoms with Gasteiger partial charge in [0.2, 0.25) is 0 Å². The number of rotatable bonds is 3. The topological polar surface area (TPSA) is 60.1 Å². The highest BCUT2D eigenvalue weighted by atomic mass is 127. The van der Waals surface area contributed by atoms with Crippen LogP contribution in [0.25, 0.3) is 0 Å². The van der Waals surface area contributed by atoms with Crippen molar-refractivity contribution >= 4 is 34.0 Å². The number of aromatic nitrogens is 1. The van der Waals surface area contributed by atoms with Crippen molar-refractivity contribution in [2.45, 2.75) is 13.8 Å². The van der Waals surface area contributed by atoms with Crippen molar-refractivity contribution in [3.8, 4) is 0 Å². The molecule has 0 aliphatic carbocycles. The number of hydrogen-bond acceptors (Lipinski definition) is 3. The maximum absolute atomic E-state index is 10.7. The molecule has 1 aromatic heterocycles. The Kier molecular flexibility index (Phi) is 3.55. The number of nitro benzene ring substituents is 1. The Morgan fingerprint density at radius 1 is 1.22 bits per heavy atom. The maximum atomic E-state index is 10.7. The fourth-order valence-corrected chi connectivity index (χ4v) is 2.41. The predicted octanol–water partition coefficient (Wildman–Crippen LogP) is 3.49. The lowest BCUT2D eigenvalue weighted by molar-refractivity contribution is -0.385. The monoisotopic (exact) mass is 357 g/mol. The third-order valence-electron chi connectivity index (χ3n) is 2.66. The molecule has 94 valence electrons. The zero-order chi connectivity index (χ0) is 13.3. The minimum atomic E-state index is -0.377. The second-order valence-corrected chi connectivity index (χ2v) is 5.15. The molecule has 0 spiro atoms. The highest BCUT2D eigenvalue weighted by Crippen LogP contribution is 2.24. The van der Waals surface area contributed by atoms with Gasteiger partial charge >= 0.3 is 0 Å². The molecule has 0 aliphatic heterocycles. The summed E-state index contributed by atoms with van der Waals surface area (Å²) < 4.78 is 2.56. The molecule has 0 fully saturated rings. The van der Waals surface area contributed by atoms with Crippen molar-refractivity contribution in [3.05, 3.63) is 55.4 Å². The van der Waals surface area contributed by atoms with Crippen molar-refractivity contribution in [2.24, 2.45) is 0 Å². The molecule has 1 aromatic carbocycles. The van der Waals surface area contributed by atoms with E-state index in [2.05, 4.69) is 5.43 Å². The van der Waals surface area contributed by atoms with Gasteiger partial charge in [0.15, 0.2) is 0 Å². The number of nitrogens with zero attached hydrogens (tertiary/aromatic N) is 2. The largest absolute Gasteiger partial charge is 0.294 e. The summed E-state index contributed by atoms with van der Waals surface area (Å²) in [6, 6.07) is 9.01. The van der Waals surface area contributed by atoms with E-state index in [1.54, 1.807) is 12.1 Å². The molecule has 0 aliphatic rings. The Labute approximate surface area is 118 Å². The third kappa shape index (κ3) is 2.47. The normalized spacial score (nSPS) is 10.4. The molecule has 2 rings (SSSR count). The van der Waals surface area contributed by atoms with Gasteiger partial charge in [0, 0.05) is 17.5 Å². The Morgan fingerprint density at radius 3 is 2.33 bits per heavy atom. The number of aryl methyl sites for hydroxylation is 2. The van der Waals surface area contributed by atoms with Crippen LogP contribution in [0.2, 0.25) is 0 Å². The summed E-state index contributed by atoms with van der Waals surface area (Å²) in [5, 5.41) is 10.7. The van der Waals surface area contributed by atoms with Crippen LogP contribution in [0.15, 0.2) is 30.3 Å². The summed E-state index contributed by atoms with van der Waals surface area (Å²) in [5.41, 5.74) is 6.34. The molecular weight excluding hydrogens is 345 g/mol. The summed E-state index contributed by atoms with van der Waals surface area (Å²) >= 11 is 1.97. The van der Waals surface area contributed by atoms with Gasteiger partial charge in [0.25, 0.3) is 5.69 Å². The zero-order valence-corrected chi connectivity index (χ0v) is 12.1. The lowest BCUT2D eigenvalue weighted by Crippen LogP contribution is -2.12. The molecule has 0 saturated carbocycles. The third-order valence-corrected chi connectivity index (χ3v) is 3.52. The number of halogens is 1. The summed E-state index contributed by atoms with van der Waals surface area (Å²) in [6.07, 6.45) is 0. The van der Waals surface area contributed by atoms with Gasteiger partial charge in [0.05, 0.1) is 14.2 Å².